The fourth-order valence-electron chi connectivity index (χ4n) is 2.60. The number of benzene rings is 1. The molecule has 1 aliphatic heterocycles. The van der Waals surface area contributed by atoms with Gasteiger partial charge in [0.15, 0.2) is 0 Å². The number of carbonyl (C=O) groups is 1. The van der Waals surface area contributed by atoms with Gasteiger partial charge in [0.05, 0.1) is 6.73 Å². The Balaban J connectivity index is 1.90. The second-order valence-corrected chi connectivity index (χ2v) is 5.91. The molecule has 0 unspecified atom stereocenters. The highest BCUT2D eigenvalue weighted by molar-refractivity contribution is 5.98. The van der Waals surface area contributed by atoms with Gasteiger partial charge in [0, 0.05) is 56.9 Å². The lowest BCUT2D eigenvalue weighted by Crippen LogP contribution is -2.36. The van der Waals surface area contributed by atoms with Crippen molar-refractivity contribution >= 4 is 17.7 Å². The second kappa shape index (κ2) is 10.8. The quantitative estimate of drug-likeness (QED) is 0.558. The van der Waals surface area contributed by atoms with Crippen LogP contribution in [0.5, 0.6) is 0 Å². The molecule has 0 aliphatic carbocycles. The van der Waals surface area contributed by atoms with E-state index in [2.05, 4.69) is 15.4 Å². The summed E-state index contributed by atoms with van der Waals surface area (Å²) in [5, 5.41) is 13.5. The van der Waals surface area contributed by atoms with E-state index in [1.807, 2.05) is 37.3 Å². The smallest absolute Gasteiger partial charge is 0.267 e. The van der Waals surface area contributed by atoms with Crippen LogP contribution in [0, 0.1) is 0 Å². The van der Waals surface area contributed by atoms with Crippen molar-refractivity contribution in [3.8, 4) is 0 Å². The lowest BCUT2D eigenvalue weighted by Gasteiger charge is -2.26. The summed E-state index contributed by atoms with van der Waals surface area (Å²) in [6.07, 6.45) is 3.74. The van der Waals surface area contributed by atoms with E-state index in [9.17, 15) is 9.90 Å². The molecular formula is C19H27N3O3. The Morgan fingerprint density at radius 3 is 2.68 bits per heavy atom. The number of aliphatic hydroxyl groups excluding tert-OH is 1. The Bertz CT molecular complexity index is 589. The van der Waals surface area contributed by atoms with Crippen molar-refractivity contribution < 1.29 is 14.6 Å². The molecule has 1 saturated heterocycles. The van der Waals surface area contributed by atoms with E-state index in [4.69, 9.17) is 4.74 Å². The molecule has 1 aliphatic rings. The van der Waals surface area contributed by atoms with E-state index in [1.165, 1.54) is 0 Å². The summed E-state index contributed by atoms with van der Waals surface area (Å²) in [5.41, 5.74) is 5.07. The van der Waals surface area contributed by atoms with Crippen LogP contribution >= 0.6 is 0 Å². The number of ether oxygens (including phenoxy) is 1. The van der Waals surface area contributed by atoms with Gasteiger partial charge in [0.2, 0.25) is 0 Å². The van der Waals surface area contributed by atoms with Crippen LogP contribution in [0.4, 0.5) is 0 Å². The number of aliphatic hydroxyl groups is 1. The second-order valence-electron chi connectivity index (χ2n) is 5.91. The third kappa shape index (κ3) is 6.78. The first-order valence-electron chi connectivity index (χ1n) is 8.75. The number of hydrogen-bond acceptors (Lipinski definition) is 5. The van der Waals surface area contributed by atoms with E-state index in [0.717, 1.165) is 43.8 Å². The maximum absolute atomic E-state index is 12.4. The third-order valence-corrected chi connectivity index (χ3v) is 4.04. The first kappa shape index (κ1) is 19.3. The number of nitrogens with one attached hydrogen (secondary N) is 1. The summed E-state index contributed by atoms with van der Waals surface area (Å²) in [5.74, 6) is -0.262. The van der Waals surface area contributed by atoms with E-state index < -0.39 is 0 Å². The number of nitrogens with zero attached hydrogens (tertiary/aromatic N) is 2. The normalized spacial score (nSPS) is 15.9. The van der Waals surface area contributed by atoms with Crippen LogP contribution < -0.4 is 5.43 Å². The van der Waals surface area contributed by atoms with Crippen molar-refractivity contribution in [1.29, 1.82) is 0 Å². The summed E-state index contributed by atoms with van der Waals surface area (Å²) in [4.78, 5) is 14.6. The average Bonchev–Trinajstić information content (AvgIpc) is 2.66. The molecule has 1 fully saturated rings. The number of carbonyl (C=O) groups excluding carboxylic acids is 1. The minimum Gasteiger partial charge on any atom is -0.396 e. The molecule has 0 saturated carbocycles. The summed E-state index contributed by atoms with van der Waals surface area (Å²) in [6.45, 7) is 5.05. The molecule has 2 N–H and O–H groups in total. The third-order valence-electron chi connectivity index (χ3n) is 4.04. The summed E-state index contributed by atoms with van der Waals surface area (Å²) in [6, 6.07) is 9.59. The molecule has 6 nitrogen and oxygen atoms in total. The SMILES string of the molecule is CCOCN1CCC(=NNC(=O)/C(=C/c2ccccc2)CCO)CC1. The number of amides is 1. The van der Waals surface area contributed by atoms with Crippen LogP contribution in [0.1, 0.15) is 31.7 Å². The van der Waals surface area contributed by atoms with E-state index in [-0.39, 0.29) is 12.5 Å². The molecule has 2 rings (SSSR count). The molecular weight excluding hydrogens is 318 g/mol. The first-order chi connectivity index (χ1) is 12.2. The zero-order valence-electron chi connectivity index (χ0n) is 14.8. The molecule has 1 amide bonds. The fourth-order valence-corrected chi connectivity index (χ4v) is 2.60. The van der Waals surface area contributed by atoms with E-state index >= 15 is 0 Å². The van der Waals surface area contributed by atoms with Crippen molar-refractivity contribution in [3.05, 3.63) is 41.5 Å². The van der Waals surface area contributed by atoms with Gasteiger partial charge in [-0.2, -0.15) is 5.10 Å². The molecule has 0 aromatic heterocycles. The van der Waals surface area contributed by atoms with Gasteiger partial charge in [0.25, 0.3) is 5.91 Å². The van der Waals surface area contributed by atoms with Crippen molar-refractivity contribution in [2.45, 2.75) is 26.2 Å². The van der Waals surface area contributed by atoms with Gasteiger partial charge in [-0.05, 0) is 18.6 Å². The van der Waals surface area contributed by atoms with Crippen molar-refractivity contribution in [2.24, 2.45) is 5.10 Å². The lowest BCUT2D eigenvalue weighted by atomic mass is 10.1. The van der Waals surface area contributed by atoms with Crippen molar-refractivity contribution in [1.82, 2.24) is 10.3 Å². The Hall–Kier alpha value is -2.02. The predicted molar refractivity (Wildman–Crippen MR) is 99.0 cm³/mol. The average molecular weight is 345 g/mol. The van der Waals surface area contributed by atoms with Gasteiger partial charge >= 0.3 is 0 Å². The number of hydrogen-bond donors (Lipinski definition) is 2. The van der Waals surface area contributed by atoms with Gasteiger partial charge in [-0.15, -0.1) is 0 Å². The highest BCUT2D eigenvalue weighted by Crippen LogP contribution is 2.11. The number of piperidine rings is 1. The van der Waals surface area contributed by atoms with E-state index in [0.29, 0.717) is 18.7 Å². The van der Waals surface area contributed by atoms with Gasteiger partial charge in [-0.3, -0.25) is 9.69 Å². The number of likely N-dealkylation sites (tertiary alicyclic amines) is 1. The maximum atomic E-state index is 12.4. The van der Waals surface area contributed by atoms with E-state index in [1.54, 1.807) is 6.08 Å². The standard InChI is InChI=1S/C19H27N3O3/c1-2-25-15-22-11-8-18(9-12-22)20-21-19(24)17(10-13-23)14-16-6-4-3-5-7-16/h3-7,14,23H,2,8-13,15H2,1H3,(H,21,24)/b17-14+. The zero-order valence-corrected chi connectivity index (χ0v) is 14.8. The van der Waals surface area contributed by atoms with Gasteiger partial charge in [-0.1, -0.05) is 30.3 Å². The minimum atomic E-state index is -0.262. The highest BCUT2D eigenvalue weighted by atomic mass is 16.5. The first-order valence-corrected chi connectivity index (χ1v) is 8.75. The largest absolute Gasteiger partial charge is 0.396 e. The predicted octanol–water partition coefficient (Wildman–Crippen LogP) is 2.01. The van der Waals surface area contributed by atoms with Crippen LogP contribution in [0.3, 0.4) is 0 Å². The number of hydrazone groups is 1. The molecule has 0 atom stereocenters. The Labute approximate surface area is 149 Å². The molecule has 0 bridgehead atoms. The molecule has 6 heteroatoms. The van der Waals surface area contributed by atoms with Gasteiger partial charge in [-0.25, -0.2) is 5.43 Å². The monoisotopic (exact) mass is 345 g/mol. The minimum absolute atomic E-state index is 0.0744. The van der Waals surface area contributed by atoms with Crippen LogP contribution in [0.25, 0.3) is 6.08 Å². The van der Waals surface area contributed by atoms with Crippen LogP contribution in [-0.4, -0.2) is 54.7 Å². The fraction of sp³-hybridized carbons (Fsp3) is 0.474. The Kier molecular flexibility index (Phi) is 8.31. The summed E-state index contributed by atoms with van der Waals surface area (Å²) >= 11 is 0. The molecule has 1 aromatic carbocycles. The highest BCUT2D eigenvalue weighted by Gasteiger charge is 2.15. The molecule has 0 radical (unpaired) electrons. The van der Waals surface area contributed by atoms with Crippen molar-refractivity contribution in [3.63, 3.8) is 0 Å². The zero-order chi connectivity index (χ0) is 17.9. The van der Waals surface area contributed by atoms with Gasteiger partial charge in [0.1, 0.15) is 0 Å². The summed E-state index contributed by atoms with van der Waals surface area (Å²) in [7, 11) is 0. The Morgan fingerprint density at radius 2 is 2.04 bits per heavy atom. The van der Waals surface area contributed by atoms with Crippen LogP contribution in [0.2, 0.25) is 0 Å². The summed E-state index contributed by atoms with van der Waals surface area (Å²) < 4.78 is 5.41. The molecule has 25 heavy (non-hydrogen) atoms. The van der Waals surface area contributed by atoms with Crippen LogP contribution in [0.15, 0.2) is 41.0 Å². The Morgan fingerprint density at radius 1 is 1.32 bits per heavy atom. The topological polar surface area (TPSA) is 74.2 Å². The molecule has 1 aromatic rings. The number of rotatable bonds is 8. The molecule has 1 heterocycles. The molecule has 0 spiro atoms. The molecule has 136 valence electrons. The van der Waals surface area contributed by atoms with Crippen molar-refractivity contribution in [2.75, 3.05) is 33.0 Å². The maximum Gasteiger partial charge on any atom is 0.267 e. The van der Waals surface area contributed by atoms with Gasteiger partial charge < -0.3 is 9.84 Å². The lowest BCUT2D eigenvalue weighted by molar-refractivity contribution is -0.117. The van der Waals surface area contributed by atoms with Crippen LogP contribution in [-0.2, 0) is 9.53 Å².